The number of hydrogen-bond acceptors (Lipinski definition) is 5. The summed E-state index contributed by atoms with van der Waals surface area (Å²) < 4.78 is 1.63. The van der Waals surface area contributed by atoms with Gasteiger partial charge in [-0.2, -0.15) is 5.10 Å². The van der Waals surface area contributed by atoms with Crippen molar-refractivity contribution in [1.29, 1.82) is 0 Å². The molecule has 0 bridgehead atoms. The third-order valence-electron chi connectivity index (χ3n) is 3.73. The maximum atomic E-state index is 11.3. The van der Waals surface area contributed by atoms with Crippen molar-refractivity contribution >= 4 is 11.5 Å². The first-order valence-electron chi connectivity index (χ1n) is 6.73. The van der Waals surface area contributed by atoms with Gasteiger partial charge >= 0.3 is 5.69 Å². The fourth-order valence-electron chi connectivity index (χ4n) is 2.79. The molecule has 1 aromatic heterocycles. The normalized spacial score (nSPS) is 19.7. The number of rotatable bonds is 4. The van der Waals surface area contributed by atoms with Crippen molar-refractivity contribution in [1.82, 2.24) is 9.78 Å². The third-order valence-corrected chi connectivity index (χ3v) is 3.73. The molecule has 19 heavy (non-hydrogen) atoms. The molecule has 0 radical (unpaired) electrons. The molecule has 106 valence electrons. The molecule has 2 rings (SSSR count). The molecule has 1 saturated heterocycles. The number of nitrogens with two attached hydrogens (primary N) is 1. The van der Waals surface area contributed by atoms with E-state index >= 15 is 0 Å². The lowest BCUT2D eigenvalue weighted by molar-refractivity contribution is -0.384. The number of nitro groups is 1. The molecule has 1 aromatic rings. The molecule has 0 spiro atoms. The van der Waals surface area contributed by atoms with Gasteiger partial charge in [0, 0.05) is 20.1 Å². The highest BCUT2D eigenvalue weighted by molar-refractivity contribution is 5.61. The Morgan fingerprint density at radius 3 is 2.89 bits per heavy atom. The lowest BCUT2D eigenvalue weighted by Crippen LogP contribution is -2.39. The van der Waals surface area contributed by atoms with E-state index in [1.54, 1.807) is 11.7 Å². The maximum Gasteiger partial charge on any atom is 0.334 e. The van der Waals surface area contributed by atoms with Gasteiger partial charge in [-0.3, -0.25) is 10.1 Å². The summed E-state index contributed by atoms with van der Waals surface area (Å²) in [6.45, 7) is 4.13. The van der Waals surface area contributed by atoms with Crippen molar-refractivity contribution in [2.45, 2.75) is 26.2 Å². The minimum Gasteiger partial charge on any atom is -0.351 e. The van der Waals surface area contributed by atoms with Crippen molar-refractivity contribution in [3.63, 3.8) is 0 Å². The fraction of sp³-hybridized carbons (Fsp3) is 0.750. The van der Waals surface area contributed by atoms with Crippen LogP contribution in [0.2, 0.25) is 0 Å². The van der Waals surface area contributed by atoms with E-state index < -0.39 is 0 Å². The molecule has 0 amide bonds. The van der Waals surface area contributed by atoms with Crippen molar-refractivity contribution in [3.8, 4) is 0 Å². The highest BCUT2D eigenvalue weighted by Crippen LogP contribution is 2.34. The van der Waals surface area contributed by atoms with Gasteiger partial charge in [0.15, 0.2) is 0 Å². The average Bonchev–Trinajstić information content (AvgIpc) is 2.75. The molecule has 7 heteroatoms. The minimum atomic E-state index is -0.312. The largest absolute Gasteiger partial charge is 0.351 e. The van der Waals surface area contributed by atoms with Crippen LogP contribution in [0.5, 0.6) is 0 Å². The Hall–Kier alpha value is -1.63. The van der Waals surface area contributed by atoms with E-state index in [1.807, 2.05) is 6.92 Å². The Morgan fingerprint density at radius 2 is 2.32 bits per heavy atom. The zero-order valence-corrected chi connectivity index (χ0v) is 11.5. The van der Waals surface area contributed by atoms with Gasteiger partial charge < -0.3 is 10.6 Å². The first-order chi connectivity index (χ1) is 9.08. The van der Waals surface area contributed by atoms with E-state index in [0.717, 1.165) is 25.9 Å². The van der Waals surface area contributed by atoms with Gasteiger partial charge in [-0.1, -0.05) is 6.92 Å². The number of hydrogen-bond donors (Lipinski definition) is 1. The van der Waals surface area contributed by atoms with Gasteiger partial charge in [-0.05, 0) is 31.7 Å². The van der Waals surface area contributed by atoms with Crippen LogP contribution in [0.15, 0.2) is 0 Å². The number of aromatic nitrogens is 2. The Morgan fingerprint density at radius 1 is 1.58 bits per heavy atom. The van der Waals surface area contributed by atoms with Crippen LogP contribution in [0.25, 0.3) is 0 Å². The van der Waals surface area contributed by atoms with Crippen LogP contribution in [-0.4, -0.2) is 34.3 Å². The molecule has 2 heterocycles. The summed E-state index contributed by atoms with van der Waals surface area (Å²) in [7, 11) is 1.77. The molecule has 1 atom stereocenters. The second-order valence-electron chi connectivity index (χ2n) is 5.04. The Bertz CT molecular complexity index is 471. The first-order valence-corrected chi connectivity index (χ1v) is 6.73. The standard InChI is InChI=1S/C12H21N5O2/c1-3-10-11(17(18)19)12(15(2)14-10)16-6-4-5-9(7-13)8-16/h9H,3-8,13H2,1-2H3. The van der Waals surface area contributed by atoms with Crippen molar-refractivity contribution < 1.29 is 4.92 Å². The van der Waals surface area contributed by atoms with Gasteiger partial charge in [0.25, 0.3) is 0 Å². The summed E-state index contributed by atoms with van der Waals surface area (Å²) >= 11 is 0. The molecule has 0 aliphatic carbocycles. The van der Waals surface area contributed by atoms with Gasteiger partial charge in [-0.25, -0.2) is 4.68 Å². The molecule has 1 aliphatic heterocycles. The molecule has 7 nitrogen and oxygen atoms in total. The Balaban J connectivity index is 2.38. The predicted molar refractivity (Wildman–Crippen MR) is 73.2 cm³/mol. The predicted octanol–water partition coefficient (Wildman–Crippen LogP) is 1.07. The van der Waals surface area contributed by atoms with E-state index in [0.29, 0.717) is 30.4 Å². The second-order valence-corrected chi connectivity index (χ2v) is 5.04. The Labute approximate surface area is 112 Å². The topological polar surface area (TPSA) is 90.2 Å². The number of anilines is 1. The fourth-order valence-corrected chi connectivity index (χ4v) is 2.79. The SMILES string of the molecule is CCc1nn(C)c(N2CCCC(CN)C2)c1[N+](=O)[O-]. The van der Waals surface area contributed by atoms with Crippen molar-refractivity contribution in [2.24, 2.45) is 18.7 Å². The lowest BCUT2D eigenvalue weighted by atomic mass is 9.98. The van der Waals surface area contributed by atoms with Crippen LogP contribution >= 0.6 is 0 Å². The van der Waals surface area contributed by atoms with Crippen molar-refractivity contribution in [3.05, 3.63) is 15.8 Å². The Kier molecular flexibility index (Phi) is 4.04. The molecular formula is C12H21N5O2. The summed E-state index contributed by atoms with van der Waals surface area (Å²) in [4.78, 5) is 13.1. The average molecular weight is 267 g/mol. The van der Waals surface area contributed by atoms with E-state index in [2.05, 4.69) is 10.00 Å². The first kappa shape index (κ1) is 13.8. The van der Waals surface area contributed by atoms with E-state index in [-0.39, 0.29) is 10.6 Å². The van der Waals surface area contributed by atoms with E-state index in [9.17, 15) is 10.1 Å². The summed E-state index contributed by atoms with van der Waals surface area (Å²) in [6, 6.07) is 0. The zero-order chi connectivity index (χ0) is 14.0. The zero-order valence-electron chi connectivity index (χ0n) is 11.5. The number of aryl methyl sites for hydroxylation is 2. The summed E-state index contributed by atoms with van der Waals surface area (Å²) in [5.74, 6) is 1.04. The molecular weight excluding hydrogens is 246 g/mol. The lowest BCUT2D eigenvalue weighted by Gasteiger charge is -2.32. The summed E-state index contributed by atoms with van der Waals surface area (Å²) in [5, 5.41) is 15.6. The minimum absolute atomic E-state index is 0.155. The van der Waals surface area contributed by atoms with Gasteiger partial charge in [0.1, 0.15) is 5.69 Å². The van der Waals surface area contributed by atoms with Crippen LogP contribution in [-0.2, 0) is 13.5 Å². The quantitative estimate of drug-likeness (QED) is 0.651. The highest BCUT2D eigenvalue weighted by Gasteiger charge is 2.31. The molecule has 2 N–H and O–H groups in total. The van der Waals surface area contributed by atoms with E-state index in [1.165, 1.54) is 0 Å². The summed E-state index contributed by atoms with van der Waals surface area (Å²) in [6.07, 6.45) is 2.68. The van der Waals surface area contributed by atoms with E-state index in [4.69, 9.17) is 5.73 Å². The second kappa shape index (κ2) is 5.56. The molecule has 1 aliphatic rings. The van der Waals surface area contributed by atoms with Crippen LogP contribution in [0.3, 0.4) is 0 Å². The molecule has 0 aromatic carbocycles. The smallest absolute Gasteiger partial charge is 0.334 e. The van der Waals surface area contributed by atoms with Crippen LogP contribution in [0, 0.1) is 16.0 Å². The number of nitrogens with zero attached hydrogens (tertiary/aromatic N) is 4. The molecule has 1 unspecified atom stereocenters. The van der Waals surface area contributed by atoms with Gasteiger partial charge in [-0.15, -0.1) is 0 Å². The summed E-state index contributed by atoms with van der Waals surface area (Å²) in [5.41, 5.74) is 6.44. The van der Waals surface area contributed by atoms with Crippen LogP contribution in [0.4, 0.5) is 11.5 Å². The maximum absolute atomic E-state index is 11.3. The number of piperidine rings is 1. The van der Waals surface area contributed by atoms with Gasteiger partial charge in [0.05, 0.1) is 4.92 Å². The van der Waals surface area contributed by atoms with Crippen molar-refractivity contribution in [2.75, 3.05) is 24.5 Å². The van der Waals surface area contributed by atoms with Crippen LogP contribution in [0.1, 0.15) is 25.5 Å². The molecule has 0 saturated carbocycles. The third kappa shape index (κ3) is 2.56. The monoisotopic (exact) mass is 267 g/mol. The highest BCUT2D eigenvalue weighted by atomic mass is 16.6. The molecule has 1 fully saturated rings. The van der Waals surface area contributed by atoms with Gasteiger partial charge in [0.2, 0.25) is 5.82 Å². The van der Waals surface area contributed by atoms with Crippen LogP contribution < -0.4 is 10.6 Å².